The molecule has 0 radical (unpaired) electrons. The van der Waals surface area contributed by atoms with E-state index in [-0.39, 0.29) is 88.5 Å². The van der Waals surface area contributed by atoms with Gasteiger partial charge in [-0.2, -0.15) is 15.0 Å². The highest BCUT2D eigenvalue weighted by molar-refractivity contribution is 6.28. The second kappa shape index (κ2) is 45.0. The van der Waals surface area contributed by atoms with Crippen molar-refractivity contribution in [3.05, 3.63) is 270 Å². The molecule has 3 heterocycles. The van der Waals surface area contributed by atoms with Gasteiger partial charge in [-0.3, -0.25) is 30.3 Å². The molecule has 3 unspecified atom stereocenters. The van der Waals surface area contributed by atoms with Gasteiger partial charge in [0, 0.05) is 43.8 Å². The molecule has 3 fully saturated rings. The number of hydrogen-bond acceptors (Lipinski definition) is 23. The summed E-state index contributed by atoms with van der Waals surface area (Å²) in [5.41, 5.74) is 17.6. The zero-order valence-corrected chi connectivity index (χ0v) is 67.6. The van der Waals surface area contributed by atoms with E-state index in [1.54, 1.807) is 0 Å². The van der Waals surface area contributed by atoms with Crippen LogP contribution in [0.5, 0.6) is 0 Å². The lowest BCUT2D eigenvalue weighted by molar-refractivity contribution is -0.384. The Balaban J connectivity index is 0.000000200. The van der Waals surface area contributed by atoms with Crippen molar-refractivity contribution in [3.8, 4) is 0 Å². The number of nitrogens with one attached hydrogen (secondary N) is 7. The van der Waals surface area contributed by atoms with Crippen LogP contribution in [-0.4, -0.2) is 106 Å². The summed E-state index contributed by atoms with van der Waals surface area (Å²) < 4.78 is 10.6. The number of carbonyl (C=O) groups excluding carboxylic acids is 2. The fraction of sp³-hybridized carbons (Fsp3) is 0.412. The SMILES string of the molecule is CC(C)(C)OC(=O)NC1CCC(CNc2nc(Cl)ncc2[N+](=O)[O-])CC1.CC(C)(C)OC(=O)NC1CCC(CNc2nc(NC(Cc3ccccc3)c3ccccc3)ncc2[N+](=O)[O-])CC1.Cl.NC(Cc1ccccc1)c1ccccc1.NC1CCC(CNc2nc(NC(Cc3ccccc3)c3ccccc3)ncc2[N+](=O)[O-])CC1. The van der Waals surface area contributed by atoms with Gasteiger partial charge in [0.15, 0.2) is 0 Å². The van der Waals surface area contributed by atoms with Crippen LogP contribution in [-0.2, 0) is 28.7 Å². The molecular weight excluding hydrogens is 1500 g/mol. The number of nitro groups is 3. The molecule has 30 heteroatoms. The molecule has 3 aliphatic carbocycles. The third-order valence-electron chi connectivity index (χ3n) is 19.7. The highest BCUT2D eigenvalue weighted by Gasteiger charge is 2.30. The van der Waals surface area contributed by atoms with Gasteiger partial charge in [0.05, 0.1) is 26.9 Å². The molecule has 6 aromatic carbocycles. The monoisotopic (exact) mass is 1610 g/mol. The third-order valence-corrected chi connectivity index (χ3v) is 19.9. The normalized spacial score (nSPS) is 17.9. The molecule has 11 N–H and O–H groups in total. The lowest BCUT2D eigenvalue weighted by Crippen LogP contribution is -2.41. The van der Waals surface area contributed by atoms with E-state index in [1.807, 2.05) is 163 Å². The number of alkyl carbamates (subject to hydrolysis) is 2. The number of rotatable bonds is 27. The molecule has 9 aromatic rings. The maximum absolute atomic E-state index is 12.1. The average molecular weight is 1610 g/mol. The molecule has 0 aliphatic heterocycles. The Labute approximate surface area is 683 Å². The van der Waals surface area contributed by atoms with Gasteiger partial charge in [0.1, 0.15) is 29.8 Å². The largest absolute Gasteiger partial charge is 0.444 e. The summed E-state index contributed by atoms with van der Waals surface area (Å²) >= 11 is 5.72. The molecule has 3 aromatic heterocycles. The second-order valence-electron chi connectivity index (χ2n) is 31.0. The molecule has 115 heavy (non-hydrogen) atoms. The molecular formula is C85H108Cl2N18O10. The number of halogens is 2. The molecule has 0 bridgehead atoms. The van der Waals surface area contributed by atoms with E-state index in [0.29, 0.717) is 55.7 Å². The van der Waals surface area contributed by atoms with E-state index in [9.17, 15) is 39.9 Å². The van der Waals surface area contributed by atoms with Crippen LogP contribution in [0.4, 0.5) is 56.0 Å². The van der Waals surface area contributed by atoms with Crippen molar-refractivity contribution in [3.63, 3.8) is 0 Å². The Kier molecular flexibility index (Phi) is 35.0. The number of anilines is 5. The summed E-state index contributed by atoms with van der Waals surface area (Å²) in [6.07, 6.45) is 16.0. The van der Waals surface area contributed by atoms with Crippen molar-refractivity contribution in [2.45, 2.75) is 185 Å². The van der Waals surface area contributed by atoms with E-state index in [0.717, 1.165) is 113 Å². The van der Waals surface area contributed by atoms with Crippen LogP contribution in [0.25, 0.3) is 0 Å². The second-order valence-corrected chi connectivity index (χ2v) is 31.3. The van der Waals surface area contributed by atoms with Gasteiger partial charge in [0.2, 0.25) is 34.6 Å². The zero-order chi connectivity index (χ0) is 81.4. The first-order chi connectivity index (χ1) is 54.7. The summed E-state index contributed by atoms with van der Waals surface area (Å²) in [5.74, 6) is 2.33. The summed E-state index contributed by atoms with van der Waals surface area (Å²) in [6.45, 7) is 12.7. The molecule has 0 spiro atoms. The molecule has 28 nitrogen and oxygen atoms in total. The number of amides is 2. The molecule has 2 amide bonds. The predicted molar refractivity (Wildman–Crippen MR) is 453 cm³/mol. The smallest absolute Gasteiger partial charge is 0.407 e. The van der Waals surface area contributed by atoms with E-state index >= 15 is 0 Å². The molecule has 0 saturated heterocycles. The Bertz CT molecular complexity index is 4450. The zero-order valence-electron chi connectivity index (χ0n) is 66.0. The van der Waals surface area contributed by atoms with Gasteiger partial charge < -0.3 is 58.2 Å². The van der Waals surface area contributed by atoms with Gasteiger partial charge in [-0.05, 0) is 201 Å². The predicted octanol–water partition coefficient (Wildman–Crippen LogP) is 17.9. The van der Waals surface area contributed by atoms with E-state index in [4.69, 9.17) is 32.5 Å². The van der Waals surface area contributed by atoms with Crippen LogP contribution in [0.3, 0.4) is 0 Å². The van der Waals surface area contributed by atoms with E-state index < -0.39 is 38.2 Å². The fourth-order valence-electron chi connectivity index (χ4n) is 13.7. The Hall–Kier alpha value is -11.2. The first-order valence-electron chi connectivity index (χ1n) is 39.0. The number of aromatic nitrogens is 6. The molecule has 612 valence electrons. The summed E-state index contributed by atoms with van der Waals surface area (Å²) in [7, 11) is 0. The molecule has 3 saturated carbocycles. The van der Waals surface area contributed by atoms with Crippen LogP contribution in [0.2, 0.25) is 5.28 Å². The summed E-state index contributed by atoms with van der Waals surface area (Å²) in [5, 5.41) is 56.3. The van der Waals surface area contributed by atoms with E-state index in [1.165, 1.54) is 29.1 Å². The Morgan fingerprint density at radius 2 is 0.739 bits per heavy atom. The minimum atomic E-state index is -0.541. The molecule has 3 atom stereocenters. The van der Waals surface area contributed by atoms with Gasteiger partial charge >= 0.3 is 29.2 Å². The number of benzene rings is 6. The highest BCUT2D eigenvalue weighted by atomic mass is 35.5. The Morgan fingerprint density at radius 3 is 1.07 bits per heavy atom. The molecule has 12 rings (SSSR count). The number of nitrogens with two attached hydrogens (primary N) is 2. The van der Waals surface area contributed by atoms with Crippen LogP contribution >= 0.6 is 24.0 Å². The van der Waals surface area contributed by atoms with Gasteiger partial charge in [-0.15, -0.1) is 12.4 Å². The minimum Gasteiger partial charge on any atom is -0.444 e. The van der Waals surface area contributed by atoms with Crippen molar-refractivity contribution in [1.82, 2.24) is 40.5 Å². The minimum absolute atomic E-state index is 0. The number of ether oxygens (including phenoxy) is 2. The van der Waals surface area contributed by atoms with Gasteiger partial charge in [-0.25, -0.2) is 24.5 Å². The highest BCUT2D eigenvalue weighted by Crippen LogP contribution is 2.33. The van der Waals surface area contributed by atoms with Crippen molar-refractivity contribution in [2.24, 2.45) is 29.2 Å². The van der Waals surface area contributed by atoms with Crippen molar-refractivity contribution >= 4 is 82.6 Å². The fourth-order valence-corrected chi connectivity index (χ4v) is 13.8. The first-order valence-corrected chi connectivity index (χ1v) is 39.3. The number of hydrogen-bond donors (Lipinski definition) is 9. The summed E-state index contributed by atoms with van der Waals surface area (Å²) in [6, 6.07) is 61.3. The van der Waals surface area contributed by atoms with Crippen LogP contribution in [0.15, 0.2) is 201 Å². The topological polar surface area (TPSA) is 396 Å². The maximum Gasteiger partial charge on any atom is 0.407 e. The summed E-state index contributed by atoms with van der Waals surface area (Å²) in [4.78, 5) is 81.8. The van der Waals surface area contributed by atoms with Crippen LogP contribution in [0.1, 0.15) is 170 Å². The first kappa shape index (κ1) is 89.4. The lowest BCUT2D eigenvalue weighted by atomic mass is 9.86. The van der Waals surface area contributed by atoms with Crippen molar-refractivity contribution in [1.29, 1.82) is 0 Å². The Morgan fingerprint density at radius 1 is 0.443 bits per heavy atom. The van der Waals surface area contributed by atoms with Gasteiger partial charge in [-0.1, -0.05) is 182 Å². The third kappa shape index (κ3) is 31.3. The standard InChI is InChI=1S/C30H38N6O4.C25H30N6O2.C16H24ClN5O4.C14H15N.ClH/c1-30(2,3)40-29(37)33-24-16-14-22(15-17-24)19-31-27-26(36(38)39)20-32-28(35-27)34-25(23-12-8-5-9-13-23)18-21-10-6-4-7-11-21;26-21-13-11-19(12-14-21)16-27-24-23(31(32)33)17-28-25(30-24)29-22(20-9-5-2-6-10-20)15-18-7-3-1-4-8-18;1-16(2,3)26-15(23)20-11-6-4-10(5-7-11)8-18-13-12(22(24)25)9-19-14(17)21-13;15-14(13-9-5-2-6-10-13)11-12-7-3-1-4-8-12;/h4-13,20,22,24-25H,14-19H2,1-3H3,(H,33,37)(H2,31,32,34,35);1-10,17,19,21-22H,11-16,26H2,(H2,27,28,29,30);9-11H,4-8H2,1-3H3,(H,20,23)(H,18,19,21);1-10,14H,11,15H2;1H. The average Bonchev–Trinajstić information content (AvgIpc) is 0.835. The maximum atomic E-state index is 12.1. The number of carbonyl (C=O) groups is 2. The van der Waals surface area contributed by atoms with Crippen molar-refractivity contribution in [2.75, 3.05) is 46.2 Å². The van der Waals surface area contributed by atoms with Crippen molar-refractivity contribution < 1.29 is 33.8 Å². The lowest BCUT2D eigenvalue weighted by Gasteiger charge is -2.30. The molecule has 3 aliphatic rings. The van der Waals surface area contributed by atoms with E-state index in [2.05, 4.69) is 128 Å². The van der Waals surface area contributed by atoms with Crippen LogP contribution < -0.4 is 48.7 Å². The van der Waals surface area contributed by atoms with Crippen LogP contribution in [0, 0.1) is 48.1 Å². The number of nitrogens with zero attached hydrogens (tertiary/aromatic N) is 9. The van der Waals surface area contributed by atoms with Gasteiger partial charge in [0.25, 0.3) is 0 Å². The quantitative estimate of drug-likeness (QED) is 0.0131.